The van der Waals surface area contributed by atoms with Crippen LogP contribution in [0.3, 0.4) is 0 Å². The third kappa shape index (κ3) is 3.13. The van der Waals surface area contributed by atoms with E-state index in [1.165, 1.54) is 12.1 Å². The molecule has 1 heterocycles. The first-order valence-corrected chi connectivity index (χ1v) is 6.68. The second-order valence-electron chi connectivity index (χ2n) is 4.20. The average molecular weight is 265 g/mol. The average Bonchev–Trinajstić information content (AvgIpc) is 2.85. The number of benzene rings is 1. The Labute approximate surface area is 110 Å². The number of halogens is 1. The maximum Gasteiger partial charge on any atom is 0.123 e. The van der Waals surface area contributed by atoms with Crippen LogP contribution in [0.2, 0.25) is 0 Å². The predicted molar refractivity (Wildman–Crippen MR) is 71.8 cm³/mol. The molecule has 1 aromatic carbocycles. The summed E-state index contributed by atoms with van der Waals surface area (Å²) in [7, 11) is 2.00. The third-order valence-corrected chi connectivity index (χ3v) is 3.54. The smallest absolute Gasteiger partial charge is 0.123 e. The summed E-state index contributed by atoms with van der Waals surface area (Å²) in [5.41, 5.74) is 9.69. The van der Waals surface area contributed by atoms with Crippen LogP contribution in [0.5, 0.6) is 0 Å². The molecule has 2 aromatic rings. The molecule has 1 aromatic heterocycles. The zero-order chi connectivity index (χ0) is 13.0. The van der Waals surface area contributed by atoms with Gasteiger partial charge in [-0.3, -0.25) is 4.90 Å². The van der Waals surface area contributed by atoms with Gasteiger partial charge in [-0.15, -0.1) is 11.3 Å². The summed E-state index contributed by atoms with van der Waals surface area (Å²) in [6, 6.07) is 6.57. The minimum atomic E-state index is -0.225. The molecule has 0 saturated heterocycles. The minimum absolute atomic E-state index is 0.0762. The fourth-order valence-corrected chi connectivity index (χ4v) is 2.49. The zero-order valence-electron chi connectivity index (χ0n) is 10.2. The normalized spacial score (nSPS) is 12.9. The lowest BCUT2D eigenvalue weighted by molar-refractivity contribution is 0.239. The van der Waals surface area contributed by atoms with E-state index in [1.54, 1.807) is 23.5 Å². The van der Waals surface area contributed by atoms with Crippen molar-refractivity contribution in [3.63, 3.8) is 0 Å². The number of likely N-dealkylation sites (N-methyl/N-ethyl adjacent to an activating group) is 1. The number of rotatable bonds is 5. The van der Waals surface area contributed by atoms with Crippen molar-refractivity contribution < 1.29 is 4.39 Å². The molecule has 0 saturated carbocycles. The molecule has 0 spiro atoms. The van der Waals surface area contributed by atoms with Crippen molar-refractivity contribution in [2.24, 2.45) is 5.73 Å². The number of thiazole rings is 1. The van der Waals surface area contributed by atoms with Crippen LogP contribution in [0.25, 0.3) is 0 Å². The molecule has 5 heteroatoms. The molecule has 1 unspecified atom stereocenters. The molecule has 18 heavy (non-hydrogen) atoms. The van der Waals surface area contributed by atoms with Gasteiger partial charge in [0.1, 0.15) is 5.82 Å². The van der Waals surface area contributed by atoms with Crippen LogP contribution in [0.1, 0.15) is 17.3 Å². The quantitative estimate of drug-likeness (QED) is 0.902. The van der Waals surface area contributed by atoms with Gasteiger partial charge in [0, 0.05) is 24.5 Å². The number of hydrogen-bond donors (Lipinski definition) is 1. The standard InChI is InChI=1S/C13H16FN3S/c1-17(7-12-8-18-9-16-12)13(6-15)10-2-4-11(14)5-3-10/h2-5,8-9,13H,6-7,15H2,1H3. The lowest BCUT2D eigenvalue weighted by atomic mass is 10.1. The molecule has 0 aliphatic carbocycles. The van der Waals surface area contributed by atoms with Gasteiger partial charge in [-0.1, -0.05) is 12.1 Å². The van der Waals surface area contributed by atoms with Gasteiger partial charge in [-0.05, 0) is 24.7 Å². The fourth-order valence-electron chi connectivity index (χ4n) is 1.94. The van der Waals surface area contributed by atoms with E-state index in [0.29, 0.717) is 6.54 Å². The molecule has 0 aliphatic heterocycles. The molecule has 0 aliphatic rings. The first-order chi connectivity index (χ1) is 8.70. The molecular weight excluding hydrogens is 249 g/mol. The second-order valence-corrected chi connectivity index (χ2v) is 4.92. The van der Waals surface area contributed by atoms with Crippen LogP contribution >= 0.6 is 11.3 Å². The van der Waals surface area contributed by atoms with Crippen molar-refractivity contribution >= 4 is 11.3 Å². The summed E-state index contributed by atoms with van der Waals surface area (Å²) in [6.07, 6.45) is 0. The summed E-state index contributed by atoms with van der Waals surface area (Å²) >= 11 is 1.58. The van der Waals surface area contributed by atoms with Crippen molar-refractivity contribution in [1.82, 2.24) is 9.88 Å². The Balaban J connectivity index is 2.10. The van der Waals surface area contributed by atoms with Crippen LogP contribution < -0.4 is 5.73 Å². The minimum Gasteiger partial charge on any atom is -0.329 e. The van der Waals surface area contributed by atoms with Crippen LogP contribution in [0.4, 0.5) is 4.39 Å². The van der Waals surface area contributed by atoms with Gasteiger partial charge < -0.3 is 5.73 Å². The molecule has 0 amide bonds. The van der Waals surface area contributed by atoms with E-state index < -0.39 is 0 Å². The maximum absolute atomic E-state index is 12.9. The Hall–Kier alpha value is -1.30. The molecule has 3 nitrogen and oxygen atoms in total. The Kier molecular flexibility index (Phi) is 4.41. The monoisotopic (exact) mass is 265 g/mol. The number of nitrogens with two attached hydrogens (primary N) is 1. The summed E-state index contributed by atoms with van der Waals surface area (Å²) in [5.74, 6) is -0.225. The van der Waals surface area contributed by atoms with Crippen LogP contribution in [-0.4, -0.2) is 23.5 Å². The van der Waals surface area contributed by atoms with Crippen molar-refractivity contribution in [1.29, 1.82) is 0 Å². The zero-order valence-corrected chi connectivity index (χ0v) is 11.0. The second kappa shape index (κ2) is 6.04. The van der Waals surface area contributed by atoms with Crippen molar-refractivity contribution in [3.05, 3.63) is 52.2 Å². The van der Waals surface area contributed by atoms with Crippen LogP contribution in [-0.2, 0) is 6.54 Å². The van der Waals surface area contributed by atoms with Gasteiger partial charge in [-0.2, -0.15) is 0 Å². The van der Waals surface area contributed by atoms with E-state index in [2.05, 4.69) is 9.88 Å². The van der Waals surface area contributed by atoms with E-state index in [0.717, 1.165) is 17.8 Å². The fraction of sp³-hybridized carbons (Fsp3) is 0.308. The van der Waals surface area contributed by atoms with E-state index in [9.17, 15) is 4.39 Å². The Morgan fingerprint density at radius 3 is 2.67 bits per heavy atom. The van der Waals surface area contributed by atoms with Crippen LogP contribution in [0.15, 0.2) is 35.2 Å². The maximum atomic E-state index is 12.9. The highest BCUT2D eigenvalue weighted by Gasteiger charge is 2.16. The summed E-state index contributed by atoms with van der Waals surface area (Å²) in [4.78, 5) is 6.38. The van der Waals surface area contributed by atoms with E-state index >= 15 is 0 Å². The highest BCUT2D eigenvalue weighted by molar-refractivity contribution is 7.07. The SMILES string of the molecule is CN(Cc1cscn1)C(CN)c1ccc(F)cc1. The molecule has 2 rings (SSSR count). The molecule has 0 fully saturated rings. The molecule has 2 N–H and O–H groups in total. The van der Waals surface area contributed by atoms with E-state index in [4.69, 9.17) is 5.73 Å². The topological polar surface area (TPSA) is 42.2 Å². The lowest BCUT2D eigenvalue weighted by Crippen LogP contribution is -2.30. The van der Waals surface area contributed by atoms with Gasteiger partial charge in [0.2, 0.25) is 0 Å². The number of hydrogen-bond acceptors (Lipinski definition) is 4. The number of aromatic nitrogens is 1. The lowest BCUT2D eigenvalue weighted by Gasteiger charge is -2.26. The van der Waals surface area contributed by atoms with E-state index in [1.807, 2.05) is 17.9 Å². The predicted octanol–water partition coefficient (Wildman–Crippen LogP) is 2.41. The first kappa shape index (κ1) is 13.1. The summed E-state index contributed by atoms with van der Waals surface area (Å²) in [5, 5.41) is 2.02. The Bertz CT molecular complexity index is 469. The van der Waals surface area contributed by atoms with Gasteiger partial charge in [0.25, 0.3) is 0 Å². The molecular formula is C13H16FN3S. The highest BCUT2D eigenvalue weighted by atomic mass is 32.1. The Morgan fingerprint density at radius 1 is 1.39 bits per heavy atom. The van der Waals surface area contributed by atoms with Gasteiger partial charge in [-0.25, -0.2) is 9.37 Å². The van der Waals surface area contributed by atoms with Crippen molar-refractivity contribution in [3.8, 4) is 0 Å². The molecule has 0 bridgehead atoms. The third-order valence-electron chi connectivity index (χ3n) is 2.90. The van der Waals surface area contributed by atoms with Gasteiger partial charge >= 0.3 is 0 Å². The summed E-state index contributed by atoms with van der Waals surface area (Å²) in [6.45, 7) is 1.23. The molecule has 96 valence electrons. The van der Waals surface area contributed by atoms with Crippen LogP contribution in [0, 0.1) is 5.82 Å². The largest absolute Gasteiger partial charge is 0.329 e. The summed E-state index contributed by atoms with van der Waals surface area (Å²) < 4.78 is 12.9. The Morgan fingerprint density at radius 2 is 2.11 bits per heavy atom. The van der Waals surface area contributed by atoms with Gasteiger partial charge in [0.15, 0.2) is 0 Å². The first-order valence-electron chi connectivity index (χ1n) is 5.73. The van der Waals surface area contributed by atoms with Crippen molar-refractivity contribution in [2.45, 2.75) is 12.6 Å². The molecule has 1 atom stereocenters. The van der Waals surface area contributed by atoms with Gasteiger partial charge in [0.05, 0.1) is 11.2 Å². The highest BCUT2D eigenvalue weighted by Crippen LogP contribution is 2.20. The van der Waals surface area contributed by atoms with Crippen molar-refractivity contribution in [2.75, 3.05) is 13.6 Å². The number of nitrogens with zero attached hydrogens (tertiary/aromatic N) is 2. The van der Waals surface area contributed by atoms with E-state index in [-0.39, 0.29) is 11.9 Å². The molecule has 0 radical (unpaired) electrons.